The first kappa shape index (κ1) is 14.3. The van der Waals surface area contributed by atoms with Crippen LogP contribution >= 0.6 is 0 Å². The number of allylic oxidation sites excluding steroid dienone is 6. The summed E-state index contributed by atoms with van der Waals surface area (Å²) in [5.41, 5.74) is 4.95. The largest absolute Gasteiger partial charge is 0.0874 e. The van der Waals surface area contributed by atoms with Gasteiger partial charge in [0.1, 0.15) is 0 Å². The SMILES string of the molecule is C/C=C\C1=C(C)C=C(C(C)(C)C)CC1CCC. The van der Waals surface area contributed by atoms with Gasteiger partial charge in [0, 0.05) is 0 Å². The first-order chi connectivity index (χ1) is 7.90. The van der Waals surface area contributed by atoms with E-state index in [1.807, 2.05) is 0 Å². The van der Waals surface area contributed by atoms with Crippen LogP contribution in [0.25, 0.3) is 0 Å². The number of rotatable bonds is 3. The molecule has 0 bridgehead atoms. The lowest BCUT2D eigenvalue weighted by molar-refractivity contribution is 0.432. The summed E-state index contributed by atoms with van der Waals surface area (Å²) in [4.78, 5) is 0. The Morgan fingerprint density at radius 2 is 2.00 bits per heavy atom. The Bertz CT molecular complexity index is 345. The van der Waals surface area contributed by atoms with Crippen LogP contribution < -0.4 is 0 Å². The highest BCUT2D eigenvalue weighted by molar-refractivity contribution is 5.41. The summed E-state index contributed by atoms with van der Waals surface area (Å²) in [6, 6.07) is 0. The monoisotopic (exact) mass is 232 g/mol. The third-order valence-corrected chi connectivity index (χ3v) is 3.70. The molecule has 96 valence electrons. The zero-order valence-electron chi connectivity index (χ0n) is 12.4. The molecule has 0 saturated heterocycles. The fraction of sp³-hybridized carbons (Fsp3) is 0.647. The van der Waals surface area contributed by atoms with Gasteiger partial charge in [0.15, 0.2) is 0 Å². The minimum absolute atomic E-state index is 0.314. The minimum Gasteiger partial charge on any atom is -0.0874 e. The van der Waals surface area contributed by atoms with Gasteiger partial charge in [-0.1, -0.05) is 57.9 Å². The van der Waals surface area contributed by atoms with E-state index >= 15 is 0 Å². The zero-order valence-corrected chi connectivity index (χ0v) is 12.4. The molecular formula is C17H28. The summed E-state index contributed by atoms with van der Waals surface area (Å²) in [7, 11) is 0. The second-order valence-electron chi connectivity index (χ2n) is 6.25. The van der Waals surface area contributed by atoms with Crippen molar-refractivity contribution in [2.45, 2.75) is 60.8 Å². The van der Waals surface area contributed by atoms with E-state index in [0.29, 0.717) is 5.41 Å². The summed E-state index contributed by atoms with van der Waals surface area (Å²) in [5, 5.41) is 0. The molecule has 1 aliphatic carbocycles. The smallest absolute Gasteiger partial charge is 0.0122 e. The predicted molar refractivity (Wildman–Crippen MR) is 78.1 cm³/mol. The topological polar surface area (TPSA) is 0 Å². The van der Waals surface area contributed by atoms with Gasteiger partial charge in [0.25, 0.3) is 0 Å². The summed E-state index contributed by atoms with van der Waals surface area (Å²) < 4.78 is 0. The Morgan fingerprint density at radius 3 is 2.47 bits per heavy atom. The molecule has 0 saturated carbocycles. The van der Waals surface area contributed by atoms with Crippen molar-refractivity contribution in [1.29, 1.82) is 0 Å². The van der Waals surface area contributed by atoms with E-state index in [2.05, 4.69) is 59.8 Å². The first-order valence-corrected chi connectivity index (χ1v) is 6.94. The lowest BCUT2D eigenvalue weighted by Gasteiger charge is -2.32. The van der Waals surface area contributed by atoms with Crippen molar-refractivity contribution in [2.24, 2.45) is 11.3 Å². The predicted octanol–water partition coefficient (Wildman–Crippen LogP) is 5.67. The molecule has 17 heavy (non-hydrogen) atoms. The molecule has 1 aliphatic rings. The van der Waals surface area contributed by atoms with Crippen LogP contribution in [0.3, 0.4) is 0 Å². The maximum atomic E-state index is 2.42. The van der Waals surface area contributed by atoms with E-state index < -0.39 is 0 Å². The molecule has 1 atom stereocenters. The molecule has 0 heteroatoms. The second kappa shape index (κ2) is 5.71. The van der Waals surface area contributed by atoms with Crippen LogP contribution in [0.15, 0.2) is 34.9 Å². The molecule has 0 aliphatic heterocycles. The summed E-state index contributed by atoms with van der Waals surface area (Å²) in [5.74, 6) is 0.732. The Hall–Kier alpha value is -0.780. The lowest BCUT2D eigenvalue weighted by atomic mass is 9.73. The number of hydrogen-bond acceptors (Lipinski definition) is 0. The van der Waals surface area contributed by atoms with Crippen molar-refractivity contribution in [1.82, 2.24) is 0 Å². The lowest BCUT2D eigenvalue weighted by Crippen LogP contribution is -2.18. The molecule has 0 radical (unpaired) electrons. The van der Waals surface area contributed by atoms with E-state index in [4.69, 9.17) is 0 Å². The maximum absolute atomic E-state index is 2.42. The van der Waals surface area contributed by atoms with Gasteiger partial charge in [-0.3, -0.25) is 0 Å². The van der Waals surface area contributed by atoms with Crippen LogP contribution in [0.2, 0.25) is 0 Å². The molecule has 0 N–H and O–H groups in total. The van der Waals surface area contributed by atoms with Crippen LogP contribution in [0.5, 0.6) is 0 Å². The highest BCUT2D eigenvalue weighted by atomic mass is 14.3. The average Bonchev–Trinajstić information content (AvgIpc) is 2.21. The van der Waals surface area contributed by atoms with Gasteiger partial charge < -0.3 is 0 Å². The van der Waals surface area contributed by atoms with Gasteiger partial charge in [-0.25, -0.2) is 0 Å². The second-order valence-corrected chi connectivity index (χ2v) is 6.25. The van der Waals surface area contributed by atoms with Crippen molar-refractivity contribution < 1.29 is 0 Å². The van der Waals surface area contributed by atoms with E-state index in [9.17, 15) is 0 Å². The molecule has 0 aromatic heterocycles. The molecule has 0 heterocycles. The molecule has 1 rings (SSSR count). The van der Waals surface area contributed by atoms with E-state index in [1.54, 1.807) is 11.1 Å². The van der Waals surface area contributed by atoms with Crippen LogP contribution in [0.1, 0.15) is 60.8 Å². The van der Waals surface area contributed by atoms with Crippen molar-refractivity contribution in [3.05, 3.63) is 34.9 Å². The van der Waals surface area contributed by atoms with Gasteiger partial charge in [0.05, 0.1) is 0 Å². The van der Waals surface area contributed by atoms with Gasteiger partial charge in [-0.15, -0.1) is 0 Å². The average molecular weight is 232 g/mol. The van der Waals surface area contributed by atoms with E-state index in [-0.39, 0.29) is 0 Å². The third-order valence-electron chi connectivity index (χ3n) is 3.70. The molecule has 0 fully saturated rings. The minimum atomic E-state index is 0.314. The fourth-order valence-electron chi connectivity index (χ4n) is 2.68. The molecular weight excluding hydrogens is 204 g/mol. The van der Waals surface area contributed by atoms with Gasteiger partial charge in [-0.2, -0.15) is 0 Å². The quantitative estimate of drug-likeness (QED) is 0.588. The normalized spacial score (nSPS) is 22.2. The van der Waals surface area contributed by atoms with Gasteiger partial charge in [0.2, 0.25) is 0 Å². The standard InChI is InChI=1S/C17H28/c1-7-9-14-12-15(17(4,5)6)11-13(3)16(14)10-8-2/h8,10-11,14H,7,9,12H2,1-6H3/b10-8-. The van der Waals surface area contributed by atoms with Crippen LogP contribution in [0.4, 0.5) is 0 Å². The number of hydrogen-bond donors (Lipinski definition) is 0. The van der Waals surface area contributed by atoms with Gasteiger partial charge >= 0.3 is 0 Å². The molecule has 0 nitrogen and oxygen atoms in total. The van der Waals surface area contributed by atoms with Crippen molar-refractivity contribution in [3.63, 3.8) is 0 Å². The highest BCUT2D eigenvalue weighted by Gasteiger charge is 2.26. The summed E-state index contributed by atoms with van der Waals surface area (Å²) >= 11 is 0. The van der Waals surface area contributed by atoms with Crippen LogP contribution in [-0.4, -0.2) is 0 Å². The van der Waals surface area contributed by atoms with Crippen LogP contribution in [-0.2, 0) is 0 Å². The molecule has 0 spiro atoms. The van der Waals surface area contributed by atoms with Crippen molar-refractivity contribution in [3.8, 4) is 0 Å². The zero-order chi connectivity index (χ0) is 13.1. The highest BCUT2D eigenvalue weighted by Crippen LogP contribution is 2.40. The van der Waals surface area contributed by atoms with Crippen LogP contribution in [0, 0.1) is 11.3 Å². The summed E-state index contributed by atoms with van der Waals surface area (Å²) in [6.45, 7) is 13.7. The first-order valence-electron chi connectivity index (χ1n) is 6.94. The molecule has 1 unspecified atom stereocenters. The van der Waals surface area contributed by atoms with E-state index in [1.165, 1.54) is 24.8 Å². The Kier molecular flexibility index (Phi) is 4.80. The van der Waals surface area contributed by atoms with Crippen molar-refractivity contribution >= 4 is 0 Å². The molecule has 0 amide bonds. The Morgan fingerprint density at radius 1 is 1.35 bits per heavy atom. The van der Waals surface area contributed by atoms with Crippen molar-refractivity contribution in [2.75, 3.05) is 0 Å². The van der Waals surface area contributed by atoms with Gasteiger partial charge in [-0.05, 0) is 49.2 Å². The Balaban J connectivity index is 3.09. The Labute approximate surface area is 108 Å². The molecule has 0 aromatic carbocycles. The summed E-state index contributed by atoms with van der Waals surface area (Å²) in [6.07, 6.45) is 10.7. The third kappa shape index (κ3) is 3.59. The maximum Gasteiger partial charge on any atom is -0.0122 e. The molecule has 0 aromatic rings. The van der Waals surface area contributed by atoms with E-state index in [0.717, 1.165) is 5.92 Å². The fourth-order valence-corrected chi connectivity index (χ4v) is 2.68.